The Bertz CT molecular complexity index is 1070. The van der Waals surface area contributed by atoms with Crippen LogP contribution in [0.15, 0.2) is 34.5 Å². The van der Waals surface area contributed by atoms with Crippen LogP contribution < -0.4 is 4.90 Å². The number of nitrogens with one attached hydrogen (secondary N) is 1. The summed E-state index contributed by atoms with van der Waals surface area (Å²) in [5.74, 6) is -0.279. The van der Waals surface area contributed by atoms with Gasteiger partial charge in [0.15, 0.2) is 5.13 Å². The zero-order valence-electron chi connectivity index (χ0n) is 14.9. The predicted molar refractivity (Wildman–Crippen MR) is 115 cm³/mol. The van der Waals surface area contributed by atoms with Crippen LogP contribution >= 0.6 is 33.9 Å². The fourth-order valence-corrected chi connectivity index (χ4v) is 6.93. The highest BCUT2D eigenvalue weighted by atomic mass is 127. The maximum atomic E-state index is 13.1. The van der Waals surface area contributed by atoms with Crippen molar-refractivity contribution in [3.05, 3.63) is 44.9 Å². The largest absolute Gasteiger partial charge is 0.345 e. The number of piperazine rings is 1. The third-order valence-corrected chi connectivity index (χ3v) is 8.70. The van der Waals surface area contributed by atoms with E-state index in [1.54, 1.807) is 19.1 Å². The van der Waals surface area contributed by atoms with Crippen LogP contribution in [0.1, 0.15) is 5.69 Å². The van der Waals surface area contributed by atoms with Gasteiger partial charge in [-0.15, -0.1) is 11.3 Å². The lowest BCUT2D eigenvalue weighted by molar-refractivity contribution is 0.384. The molecule has 0 unspecified atom stereocenters. The molecule has 0 amide bonds. The fraction of sp³-hybridized carbons (Fsp3) is 0.294. The lowest BCUT2D eigenvalue weighted by Gasteiger charge is -2.33. The smallest absolute Gasteiger partial charge is 0.247 e. The zero-order valence-corrected chi connectivity index (χ0v) is 18.7. The molecule has 11 heteroatoms. The number of benzene rings is 1. The minimum Gasteiger partial charge on any atom is -0.345 e. The molecule has 3 aromatic rings. The van der Waals surface area contributed by atoms with Crippen LogP contribution in [-0.2, 0) is 10.0 Å². The Balaban J connectivity index is 1.47. The van der Waals surface area contributed by atoms with Gasteiger partial charge < -0.3 is 4.90 Å². The molecule has 1 fully saturated rings. The van der Waals surface area contributed by atoms with E-state index in [1.807, 2.05) is 28.0 Å². The molecule has 4 rings (SSSR count). The third kappa shape index (κ3) is 3.67. The molecular formula is C17H17FIN5O2S2. The quantitative estimate of drug-likeness (QED) is 0.522. The highest BCUT2D eigenvalue weighted by molar-refractivity contribution is 14.1. The first kappa shape index (κ1) is 19.7. The lowest BCUT2D eigenvalue weighted by atomic mass is 10.2. The number of aromatic amines is 1. The number of hydrogen-bond donors (Lipinski definition) is 1. The second-order valence-electron chi connectivity index (χ2n) is 6.37. The van der Waals surface area contributed by atoms with Gasteiger partial charge in [0.1, 0.15) is 14.4 Å². The summed E-state index contributed by atoms with van der Waals surface area (Å²) in [6.45, 7) is 3.57. The normalized spacial score (nSPS) is 15.9. The minimum absolute atomic E-state index is 0.259. The number of aromatic nitrogens is 3. The van der Waals surface area contributed by atoms with E-state index < -0.39 is 10.0 Å². The highest BCUT2D eigenvalue weighted by Crippen LogP contribution is 2.30. The molecule has 3 heterocycles. The summed E-state index contributed by atoms with van der Waals surface area (Å²) in [7, 11) is -3.57. The lowest BCUT2D eigenvalue weighted by Crippen LogP contribution is -2.48. The van der Waals surface area contributed by atoms with E-state index in [4.69, 9.17) is 0 Å². The van der Waals surface area contributed by atoms with Crippen LogP contribution in [0.5, 0.6) is 0 Å². The van der Waals surface area contributed by atoms with Crippen molar-refractivity contribution in [2.45, 2.75) is 11.8 Å². The van der Waals surface area contributed by atoms with Crippen molar-refractivity contribution in [3.63, 3.8) is 0 Å². The summed E-state index contributed by atoms with van der Waals surface area (Å²) in [5.41, 5.74) is 2.13. The summed E-state index contributed by atoms with van der Waals surface area (Å²) < 4.78 is 41.0. The Morgan fingerprint density at radius 2 is 1.86 bits per heavy atom. The first-order chi connectivity index (χ1) is 13.4. The van der Waals surface area contributed by atoms with E-state index in [9.17, 15) is 12.8 Å². The van der Waals surface area contributed by atoms with Crippen molar-refractivity contribution < 1.29 is 12.8 Å². The molecule has 1 aliphatic heterocycles. The average molecular weight is 533 g/mol. The molecule has 7 nitrogen and oxygen atoms in total. The second kappa shape index (κ2) is 7.69. The van der Waals surface area contributed by atoms with Crippen LogP contribution in [0.25, 0.3) is 11.3 Å². The van der Waals surface area contributed by atoms with Gasteiger partial charge in [-0.2, -0.15) is 9.40 Å². The van der Waals surface area contributed by atoms with Gasteiger partial charge in [-0.05, 0) is 53.8 Å². The monoisotopic (exact) mass is 533 g/mol. The number of sulfonamides is 1. The first-order valence-electron chi connectivity index (χ1n) is 8.53. The number of rotatable bonds is 4. The number of thiazole rings is 1. The van der Waals surface area contributed by atoms with Crippen molar-refractivity contribution in [2.24, 2.45) is 0 Å². The Hall–Kier alpha value is -1.57. The SMILES string of the molecule is Cc1n[nH]c(I)c1S(=O)(=O)N1CCN(c2nc(-c3ccc(F)cc3)cs2)CC1. The highest BCUT2D eigenvalue weighted by Gasteiger charge is 2.33. The maximum absolute atomic E-state index is 13.1. The molecule has 2 aromatic heterocycles. The Kier molecular flexibility index (Phi) is 5.42. The summed E-state index contributed by atoms with van der Waals surface area (Å²) >= 11 is 3.46. The van der Waals surface area contributed by atoms with Crippen molar-refractivity contribution in [3.8, 4) is 11.3 Å². The summed E-state index contributed by atoms with van der Waals surface area (Å²) in [6.07, 6.45) is 0. The molecule has 0 radical (unpaired) electrons. The van der Waals surface area contributed by atoms with Gasteiger partial charge in [-0.1, -0.05) is 0 Å². The topological polar surface area (TPSA) is 82.2 Å². The van der Waals surface area contributed by atoms with E-state index in [0.717, 1.165) is 16.4 Å². The molecule has 1 saturated heterocycles. The molecule has 0 saturated carbocycles. The molecule has 0 atom stereocenters. The summed E-state index contributed by atoms with van der Waals surface area (Å²) in [6, 6.07) is 6.23. The molecule has 28 heavy (non-hydrogen) atoms. The van der Waals surface area contributed by atoms with Gasteiger partial charge in [0.25, 0.3) is 0 Å². The van der Waals surface area contributed by atoms with Crippen LogP contribution in [0, 0.1) is 16.4 Å². The van der Waals surface area contributed by atoms with Gasteiger partial charge in [-0.3, -0.25) is 5.10 Å². The number of H-pyrrole nitrogens is 1. The van der Waals surface area contributed by atoms with Gasteiger partial charge >= 0.3 is 0 Å². The molecule has 0 aliphatic carbocycles. The fourth-order valence-electron chi connectivity index (χ4n) is 3.10. The van der Waals surface area contributed by atoms with Crippen LogP contribution in [0.2, 0.25) is 0 Å². The van der Waals surface area contributed by atoms with Crippen LogP contribution in [0.4, 0.5) is 9.52 Å². The maximum Gasteiger partial charge on any atom is 0.247 e. The van der Waals surface area contributed by atoms with Crippen LogP contribution in [0.3, 0.4) is 0 Å². The number of hydrogen-bond acceptors (Lipinski definition) is 6. The first-order valence-corrected chi connectivity index (χ1v) is 11.9. The standard InChI is InChI=1S/C17H17FIN5O2S2/c1-11-15(16(19)22-21-11)28(25,26)24-8-6-23(7-9-24)17-20-14(10-27-17)12-2-4-13(18)5-3-12/h2-5,10H,6-9H2,1H3,(H,21,22). The predicted octanol–water partition coefficient (Wildman–Crippen LogP) is 3.10. The van der Waals surface area contributed by atoms with Gasteiger partial charge in [0.05, 0.1) is 11.4 Å². The molecule has 1 aliphatic rings. The zero-order chi connectivity index (χ0) is 19.9. The number of halogens is 2. The van der Waals surface area contributed by atoms with E-state index in [1.165, 1.54) is 27.8 Å². The number of nitrogens with zero attached hydrogens (tertiary/aromatic N) is 4. The second-order valence-corrected chi connectivity index (χ2v) is 10.2. The Labute approximate surface area is 179 Å². The molecule has 148 valence electrons. The number of anilines is 1. The van der Waals surface area contributed by atoms with Gasteiger partial charge in [0, 0.05) is 37.1 Å². The molecule has 1 aromatic carbocycles. The van der Waals surface area contributed by atoms with Crippen molar-refractivity contribution in [2.75, 3.05) is 31.1 Å². The van der Waals surface area contributed by atoms with Crippen LogP contribution in [-0.4, -0.2) is 54.1 Å². The van der Waals surface area contributed by atoms with Crippen molar-refractivity contribution >= 4 is 49.1 Å². The molecule has 1 N–H and O–H groups in total. The van der Waals surface area contributed by atoms with E-state index >= 15 is 0 Å². The minimum atomic E-state index is -3.57. The third-order valence-electron chi connectivity index (χ3n) is 4.59. The molecule has 0 spiro atoms. The number of aryl methyl sites for hydroxylation is 1. The molecule has 0 bridgehead atoms. The molecular weight excluding hydrogens is 516 g/mol. The summed E-state index contributed by atoms with van der Waals surface area (Å²) in [5, 5.41) is 9.50. The van der Waals surface area contributed by atoms with E-state index in [0.29, 0.717) is 35.6 Å². The van der Waals surface area contributed by atoms with E-state index in [2.05, 4.69) is 20.1 Å². The van der Waals surface area contributed by atoms with Crippen molar-refractivity contribution in [1.82, 2.24) is 19.5 Å². The van der Waals surface area contributed by atoms with E-state index in [-0.39, 0.29) is 10.7 Å². The summed E-state index contributed by atoms with van der Waals surface area (Å²) in [4.78, 5) is 6.98. The van der Waals surface area contributed by atoms with Crippen molar-refractivity contribution in [1.29, 1.82) is 0 Å². The van der Waals surface area contributed by atoms with Gasteiger partial charge in [-0.25, -0.2) is 17.8 Å². The Morgan fingerprint density at radius 3 is 2.46 bits per heavy atom. The Morgan fingerprint density at radius 1 is 1.18 bits per heavy atom. The average Bonchev–Trinajstić information content (AvgIpc) is 3.30. The van der Waals surface area contributed by atoms with Gasteiger partial charge in [0.2, 0.25) is 10.0 Å².